The van der Waals surface area contributed by atoms with E-state index in [1.165, 1.54) is 19.3 Å². The first-order valence-electron chi connectivity index (χ1n) is 5.46. The van der Waals surface area contributed by atoms with Crippen LogP contribution in [0, 0.1) is 0 Å². The Kier molecular flexibility index (Phi) is 5.18. The van der Waals surface area contributed by atoms with Gasteiger partial charge in [0.25, 0.3) is 0 Å². The molecule has 0 aliphatic heterocycles. The van der Waals surface area contributed by atoms with Crippen LogP contribution in [-0.4, -0.2) is 15.7 Å². The summed E-state index contributed by atoms with van der Waals surface area (Å²) in [4.78, 5) is 8.15. The summed E-state index contributed by atoms with van der Waals surface area (Å²) in [5, 5.41) is 0.612. The Bertz CT molecular complexity index is 319. The van der Waals surface area contributed by atoms with Gasteiger partial charge in [-0.25, -0.2) is 9.97 Å². The smallest absolute Gasteiger partial charge is 0.191 e. The van der Waals surface area contributed by atoms with Crippen molar-refractivity contribution in [2.45, 2.75) is 37.8 Å². The predicted molar refractivity (Wildman–Crippen MR) is 70.1 cm³/mol. The molecule has 5 nitrogen and oxygen atoms in total. The molecule has 1 aromatic rings. The van der Waals surface area contributed by atoms with Crippen LogP contribution in [0.5, 0.6) is 0 Å². The van der Waals surface area contributed by atoms with Crippen LogP contribution in [0.3, 0.4) is 0 Å². The van der Waals surface area contributed by atoms with Crippen molar-refractivity contribution in [3.63, 3.8) is 0 Å². The second-order valence-electron chi connectivity index (χ2n) is 3.60. The maximum absolute atomic E-state index is 5.60. The number of nitrogens with zero attached hydrogens (tertiary/aromatic N) is 2. The van der Waals surface area contributed by atoms with Crippen molar-refractivity contribution in [3.05, 3.63) is 0 Å². The average molecular weight is 241 g/mol. The summed E-state index contributed by atoms with van der Waals surface area (Å²) in [6.45, 7) is 2.19. The number of aromatic nitrogens is 2. The normalized spacial score (nSPS) is 10.6. The molecule has 0 aromatic carbocycles. The Labute approximate surface area is 100 Å². The number of unbranched alkanes of at least 4 members (excludes halogenated alkanes) is 3. The molecule has 0 atom stereocenters. The molecule has 0 saturated carbocycles. The van der Waals surface area contributed by atoms with Crippen molar-refractivity contribution in [1.29, 1.82) is 0 Å². The Morgan fingerprint density at radius 3 is 2.19 bits per heavy atom. The van der Waals surface area contributed by atoms with Gasteiger partial charge in [0.15, 0.2) is 16.8 Å². The fourth-order valence-corrected chi connectivity index (χ4v) is 2.10. The SMILES string of the molecule is CCCCCCSc1nc(N)c(N)c(N)n1. The van der Waals surface area contributed by atoms with E-state index in [0.717, 1.165) is 12.2 Å². The summed E-state index contributed by atoms with van der Waals surface area (Å²) < 4.78 is 0. The van der Waals surface area contributed by atoms with Crippen LogP contribution in [0.2, 0.25) is 0 Å². The summed E-state index contributed by atoms with van der Waals surface area (Å²) in [6, 6.07) is 0. The lowest BCUT2D eigenvalue weighted by Gasteiger charge is -2.05. The Morgan fingerprint density at radius 2 is 1.62 bits per heavy atom. The van der Waals surface area contributed by atoms with Crippen LogP contribution in [0.4, 0.5) is 17.3 Å². The molecule has 0 aliphatic carbocycles. The third kappa shape index (κ3) is 3.77. The lowest BCUT2D eigenvalue weighted by Crippen LogP contribution is -2.06. The first-order valence-corrected chi connectivity index (χ1v) is 6.45. The van der Waals surface area contributed by atoms with Gasteiger partial charge >= 0.3 is 0 Å². The zero-order valence-electron chi connectivity index (χ0n) is 9.57. The van der Waals surface area contributed by atoms with Gasteiger partial charge in [0.1, 0.15) is 5.69 Å². The molecule has 0 spiro atoms. The van der Waals surface area contributed by atoms with Crippen molar-refractivity contribution >= 4 is 29.1 Å². The van der Waals surface area contributed by atoms with E-state index in [4.69, 9.17) is 17.2 Å². The molecular weight excluding hydrogens is 222 g/mol. The molecule has 0 aliphatic rings. The van der Waals surface area contributed by atoms with Gasteiger partial charge in [0, 0.05) is 5.75 Å². The fraction of sp³-hybridized carbons (Fsp3) is 0.600. The third-order valence-corrected chi connectivity index (χ3v) is 3.15. The van der Waals surface area contributed by atoms with E-state index < -0.39 is 0 Å². The molecule has 16 heavy (non-hydrogen) atoms. The largest absolute Gasteiger partial charge is 0.393 e. The van der Waals surface area contributed by atoms with Gasteiger partial charge in [-0.15, -0.1) is 0 Å². The highest BCUT2D eigenvalue weighted by atomic mass is 32.2. The van der Waals surface area contributed by atoms with Gasteiger partial charge in [-0.05, 0) is 6.42 Å². The molecule has 0 bridgehead atoms. The summed E-state index contributed by atoms with van der Waals surface area (Å²) in [5.41, 5.74) is 17.0. The van der Waals surface area contributed by atoms with Crippen LogP contribution in [0.1, 0.15) is 32.6 Å². The van der Waals surface area contributed by atoms with Crippen molar-refractivity contribution in [3.8, 4) is 0 Å². The molecule has 6 N–H and O–H groups in total. The van der Waals surface area contributed by atoms with Crippen molar-refractivity contribution in [2.24, 2.45) is 0 Å². The van der Waals surface area contributed by atoms with Crippen LogP contribution in [-0.2, 0) is 0 Å². The number of nitrogen functional groups attached to an aromatic ring is 3. The van der Waals surface area contributed by atoms with E-state index >= 15 is 0 Å². The van der Waals surface area contributed by atoms with Crippen molar-refractivity contribution in [1.82, 2.24) is 9.97 Å². The third-order valence-electron chi connectivity index (χ3n) is 2.21. The first-order chi connectivity index (χ1) is 7.65. The standard InChI is InChI=1S/C10H19N5S/c1-2-3-4-5-6-16-10-14-8(12)7(11)9(13)15-10/h2-6,11H2,1H3,(H4,12,13,14,15). The quantitative estimate of drug-likeness (QED) is 0.399. The molecule has 0 fully saturated rings. The predicted octanol–water partition coefficient (Wildman–Crippen LogP) is 1.90. The number of nitrogens with two attached hydrogens (primary N) is 3. The second-order valence-corrected chi connectivity index (χ2v) is 4.66. The minimum atomic E-state index is 0.267. The lowest BCUT2D eigenvalue weighted by molar-refractivity contribution is 0.706. The van der Waals surface area contributed by atoms with Crippen LogP contribution >= 0.6 is 11.8 Å². The van der Waals surface area contributed by atoms with E-state index in [1.807, 2.05) is 0 Å². The molecule has 90 valence electrons. The van der Waals surface area contributed by atoms with Gasteiger partial charge in [0.05, 0.1) is 0 Å². The lowest BCUT2D eigenvalue weighted by atomic mass is 10.2. The van der Waals surface area contributed by atoms with Gasteiger partial charge in [-0.3, -0.25) is 0 Å². The van der Waals surface area contributed by atoms with Crippen LogP contribution in [0.25, 0.3) is 0 Å². The highest BCUT2D eigenvalue weighted by Gasteiger charge is 2.06. The topological polar surface area (TPSA) is 104 Å². The molecule has 1 heterocycles. The van der Waals surface area contributed by atoms with E-state index in [-0.39, 0.29) is 17.3 Å². The molecule has 1 rings (SSSR count). The summed E-state index contributed by atoms with van der Waals surface area (Å²) in [6.07, 6.45) is 4.91. The number of hydrogen-bond donors (Lipinski definition) is 3. The molecule has 0 radical (unpaired) electrons. The molecular formula is C10H19N5S. The van der Waals surface area contributed by atoms with Gasteiger partial charge in [-0.1, -0.05) is 37.9 Å². The van der Waals surface area contributed by atoms with E-state index in [1.54, 1.807) is 11.8 Å². The monoisotopic (exact) mass is 241 g/mol. The molecule has 6 heteroatoms. The minimum Gasteiger partial charge on any atom is -0.393 e. The van der Waals surface area contributed by atoms with Gasteiger partial charge in [-0.2, -0.15) is 0 Å². The number of thioether (sulfide) groups is 1. The highest BCUT2D eigenvalue weighted by Crippen LogP contribution is 2.23. The van der Waals surface area contributed by atoms with Crippen LogP contribution < -0.4 is 17.2 Å². The average Bonchev–Trinajstić information content (AvgIpc) is 2.25. The highest BCUT2D eigenvalue weighted by molar-refractivity contribution is 7.99. The zero-order valence-corrected chi connectivity index (χ0v) is 10.4. The van der Waals surface area contributed by atoms with Crippen molar-refractivity contribution in [2.75, 3.05) is 23.0 Å². The Morgan fingerprint density at radius 1 is 1.00 bits per heavy atom. The zero-order chi connectivity index (χ0) is 12.0. The molecule has 0 saturated heterocycles. The molecule has 0 amide bonds. The Balaban J connectivity index is 2.43. The van der Waals surface area contributed by atoms with Gasteiger partial charge in [0.2, 0.25) is 0 Å². The summed E-state index contributed by atoms with van der Waals surface area (Å²) in [5.74, 6) is 1.52. The maximum atomic E-state index is 5.60. The summed E-state index contributed by atoms with van der Waals surface area (Å²) >= 11 is 1.57. The number of rotatable bonds is 6. The van der Waals surface area contributed by atoms with E-state index in [9.17, 15) is 0 Å². The second kappa shape index (κ2) is 6.42. The van der Waals surface area contributed by atoms with E-state index in [2.05, 4.69) is 16.9 Å². The van der Waals surface area contributed by atoms with Crippen molar-refractivity contribution < 1.29 is 0 Å². The Hall–Kier alpha value is -1.17. The number of anilines is 3. The molecule has 1 aromatic heterocycles. The maximum Gasteiger partial charge on any atom is 0.191 e. The van der Waals surface area contributed by atoms with Crippen LogP contribution in [0.15, 0.2) is 5.16 Å². The van der Waals surface area contributed by atoms with E-state index in [0.29, 0.717) is 5.16 Å². The first kappa shape index (κ1) is 12.9. The minimum absolute atomic E-state index is 0.267. The fourth-order valence-electron chi connectivity index (χ4n) is 1.24. The summed E-state index contributed by atoms with van der Waals surface area (Å²) in [7, 11) is 0. The van der Waals surface area contributed by atoms with Gasteiger partial charge < -0.3 is 17.2 Å². The molecule has 0 unspecified atom stereocenters. The number of hydrogen-bond acceptors (Lipinski definition) is 6.